The molecule has 0 aliphatic rings. The number of anilines is 1. The lowest BCUT2D eigenvalue weighted by Crippen LogP contribution is -2.12. The smallest absolute Gasteiger partial charge is 0.265 e. The molecular weight excluding hydrogens is 306 g/mol. The molecule has 19 heavy (non-hydrogen) atoms. The molecule has 0 spiro atoms. The number of halogens is 1. The number of sulfonamides is 1. The number of hydrogen-bond acceptors (Lipinski definition) is 4. The molecule has 0 aliphatic carbocycles. The summed E-state index contributed by atoms with van der Waals surface area (Å²) in [6.07, 6.45) is 2.83. The minimum absolute atomic E-state index is 0.107. The molecule has 8 heteroatoms. The first-order chi connectivity index (χ1) is 8.81. The van der Waals surface area contributed by atoms with Crippen LogP contribution in [0.1, 0.15) is 25.5 Å². The predicted molar refractivity (Wildman–Crippen MR) is 77.5 cm³/mol. The van der Waals surface area contributed by atoms with Gasteiger partial charge in [-0.1, -0.05) is 11.6 Å². The number of hydrogen-bond donors (Lipinski definition) is 1. The van der Waals surface area contributed by atoms with Gasteiger partial charge in [0, 0.05) is 12.2 Å². The fraction of sp³-hybridized carbons (Fsp3) is 0.364. The van der Waals surface area contributed by atoms with E-state index in [0.717, 1.165) is 5.56 Å². The van der Waals surface area contributed by atoms with E-state index in [0.29, 0.717) is 10.0 Å². The maximum Gasteiger partial charge on any atom is 0.265 e. The second kappa shape index (κ2) is 5.15. The van der Waals surface area contributed by atoms with Crippen LogP contribution >= 0.6 is 22.9 Å². The maximum absolute atomic E-state index is 12.2. The van der Waals surface area contributed by atoms with Gasteiger partial charge < -0.3 is 0 Å². The Morgan fingerprint density at radius 2 is 2.16 bits per heavy atom. The van der Waals surface area contributed by atoms with E-state index in [1.54, 1.807) is 17.0 Å². The minimum Gasteiger partial charge on any atom is -0.277 e. The van der Waals surface area contributed by atoms with Gasteiger partial charge in [-0.2, -0.15) is 5.10 Å². The Bertz CT molecular complexity index is 669. The zero-order chi connectivity index (χ0) is 14.2. The molecular formula is C11H14ClN3O2S2. The summed E-state index contributed by atoms with van der Waals surface area (Å²) in [4.78, 5) is 0.128. The van der Waals surface area contributed by atoms with Crippen LogP contribution in [0.5, 0.6) is 0 Å². The first-order valence-corrected chi connectivity index (χ1v) is 8.36. The third kappa shape index (κ3) is 2.93. The van der Waals surface area contributed by atoms with Crippen molar-refractivity contribution in [2.75, 3.05) is 4.72 Å². The van der Waals surface area contributed by atoms with E-state index in [9.17, 15) is 8.42 Å². The fourth-order valence-corrected chi connectivity index (χ4v) is 3.73. The summed E-state index contributed by atoms with van der Waals surface area (Å²) < 4.78 is 29.0. The third-order valence-electron chi connectivity index (χ3n) is 2.58. The van der Waals surface area contributed by atoms with Crippen LogP contribution in [0.15, 0.2) is 22.7 Å². The van der Waals surface area contributed by atoms with Crippen molar-refractivity contribution in [3.63, 3.8) is 0 Å². The Morgan fingerprint density at radius 3 is 2.63 bits per heavy atom. The van der Waals surface area contributed by atoms with Gasteiger partial charge in [0.1, 0.15) is 9.23 Å². The Kier molecular flexibility index (Phi) is 3.89. The first kappa shape index (κ1) is 14.4. The largest absolute Gasteiger partial charge is 0.277 e. The molecule has 2 aromatic rings. The van der Waals surface area contributed by atoms with Crippen molar-refractivity contribution in [1.82, 2.24) is 9.78 Å². The van der Waals surface area contributed by atoms with Crippen LogP contribution in [0.2, 0.25) is 4.34 Å². The summed E-state index contributed by atoms with van der Waals surface area (Å²) >= 11 is 7.26. The van der Waals surface area contributed by atoms with Crippen LogP contribution in [0.3, 0.4) is 0 Å². The Morgan fingerprint density at radius 1 is 1.47 bits per heavy atom. The van der Waals surface area contributed by atoms with E-state index in [-0.39, 0.29) is 10.9 Å². The number of rotatable bonds is 4. The van der Waals surface area contributed by atoms with E-state index < -0.39 is 10.0 Å². The molecule has 0 aromatic carbocycles. The van der Waals surface area contributed by atoms with Crippen LogP contribution in [0.25, 0.3) is 0 Å². The van der Waals surface area contributed by atoms with Gasteiger partial charge in [-0.05, 0) is 31.7 Å². The number of aryl methyl sites for hydroxylation is 1. The predicted octanol–water partition coefficient (Wildman–Crippen LogP) is 3.29. The molecule has 0 saturated carbocycles. The monoisotopic (exact) mass is 319 g/mol. The van der Waals surface area contributed by atoms with E-state index in [1.165, 1.54) is 23.7 Å². The van der Waals surface area contributed by atoms with Crippen molar-refractivity contribution in [1.29, 1.82) is 0 Å². The highest BCUT2D eigenvalue weighted by Crippen LogP contribution is 2.33. The summed E-state index contributed by atoms with van der Waals surface area (Å²) in [5.41, 5.74) is 1.23. The Balaban J connectivity index is 2.32. The second-order valence-electron chi connectivity index (χ2n) is 4.42. The quantitative estimate of drug-likeness (QED) is 0.940. The van der Waals surface area contributed by atoms with Gasteiger partial charge in [-0.15, -0.1) is 11.3 Å². The maximum atomic E-state index is 12.2. The number of nitrogens with zero attached hydrogens (tertiary/aromatic N) is 2. The van der Waals surface area contributed by atoms with Crippen LogP contribution in [-0.2, 0) is 10.0 Å². The zero-order valence-electron chi connectivity index (χ0n) is 10.7. The molecule has 2 aromatic heterocycles. The van der Waals surface area contributed by atoms with Gasteiger partial charge in [0.2, 0.25) is 0 Å². The first-order valence-electron chi connectivity index (χ1n) is 5.62. The fourth-order valence-electron chi connectivity index (χ4n) is 1.47. The third-order valence-corrected chi connectivity index (χ3v) is 5.23. The highest BCUT2D eigenvalue weighted by atomic mass is 35.5. The Hall–Kier alpha value is -1.05. The number of aromatic nitrogens is 2. The summed E-state index contributed by atoms with van der Waals surface area (Å²) in [6, 6.07) is 0.107. The molecule has 0 unspecified atom stereocenters. The molecule has 2 heterocycles. The van der Waals surface area contributed by atoms with Crippen LogP contribution in [0.4, 0.5) is 5.69 Å². The van der Waals surface area contributed by atoms with E-state index in [1.807, 2.05) is 13.8 Å². The molecule has 2 rings (SSSR count). The van der Waals surface area contributed by atoms with Crippen molar-refractivity contribution in [3.8, 4) is 0 Å². The summed E-state index contributed by atoms with van der Waals surface area (Å²) in [7, 11) is -3.65. The molecule has 0 fully saturated rings. The van der Waals surface area contributed by atoms with Crippen LogP contribution in [0, 0.1) is 6.92 Å². The van der Waals surface area contributed by atoms with Gasteiger partial charge in [0.05, 0.1) is 11.9 Å². The van der Waals surface area contributed by atoms with Gasteiger partial charge in [0.15, 0.2) is 0 Å². The lowest BCUT2D eigenvalue weighted by Gasteiger charge is -2.06. The topological polar surface area (TPSA) is 64.0 Å². The van der Waals surface area contributed by atoms with Crippen LogP contribution in [-0.4, -0.2) is 18.2 Å². The van der Waals surface area contributed by atoms with Gasteiger partial charge in [0.25, 0.3) is 10.0 Å². The SMILES string of the molecule is Cc1csc(Cl)c1NS(=O)(=O)c1cnn(C(C)C)c1. The van der Waals surface area contributed by atoms with Gasteiger partial charge >= 0.3 is 0 Å². The second-order valence-corrected chi connectivity index (χ2v) is 7.59. The van der Waals surface area contributed by atoms with Gasteiger partial charge in [-0.25, -0.2) is 8.42 Å². The lowest BCUT2D eigenvalue weighted by molar-refractivity contribution is 0.531. The lowest BCUT2D eigenvalue weighted by atomic mass is 10.3. The molecule has 0 saturated heterocycles. The molecule has 0 bridgehead atoms. The molecule has 0 atom stereocenters. The summed E-state index contributed by atoms with van der Waals surface area (Å²) in [6.45, 7) is 5.66. The Labute approximate surface area is 121 Å². The van der Waals surface area contributed by atoms with Crippen molar-refractivity contribution < 1.29 is 8.42 Å². The molecule has 1 N–H and O–H groups in total. The molecule has 104 valence electrons. The molecule has 0 radical (unpaired) electrons. The minimum atomic E-state index is -3.65. The summed E-state index contributed by atoms with van der Waals surface area (Å²) in [5, 5.41) is 5.83. The van der Waals surface area contributed by atoms with Crippen molar-refractivity contribution in [2.45, 2.75) is 31.7 Å². The average Bonchev–Trinajstić information content (AvgIpc) is 2.92. The highest BCUT2D eigenvalue weighted by molar-refractivity contribution is 7.92. The molecule has 5 nitrogen and oxygen atoms in total. The van der Waals surface area contributed by atoms with E-state index in [4.69, 9.17) is 11.6 Å². The highest BCUT2D eigenvalue weighted by Gasteiger charge is 2.20. The number of nitrogens with one attached hydrogen (secondary N) is 1. The summed E-state index contributed by atoms with van der Waals surface area (Å²) in [5.74, 6) is 0. The van der Waals surface area contributed by atoms with Crippen molar-refractivity contribution in [3.05, 3.63) is 27.7 Å². The number of thiophene rings is 1. The molecule has 0 aliphatic heterocycles. The van der Waals surface area contributed by atoms with Crippen LogP contribution < -0.4 is 4.72 Å². The molecule has 0 amide bonds. The average molecular weight is 320 g/mol. The van der Waals surface area contributed by atoms with E-state index >= 15 is 0 Å². The van der Waals surface area contributed by atoms with Crippen molar-refractivity contribution >= 4 is 38.6 Å². The van der Waals surface area contributed by atoms with Crippen molar-refractivity contribution in [2.24, 2.45) is 0 Å². The normalized spacial score (nSPS) is 12.1. The zero-order valence-corrected chi connectivity index (χ0v) is 13.1. The van der Waals surface area contributed by atoms with Gasteiger partial charge in [-0.3, -0.25) is 9.40 Å². The van der Waals surface area contributed by atoms with E-state index in [2.05, 4.69) is 9.82 Å². The standard InChI is InChI=1S/C11H14ClN3O2S2/c1-7(2)15-5-9(4-13-15)19(16,17)14-10-8(3)6-18-11(10)12/h4-7,14H,1-3H3.